The predicted octanol–water partition coefficient (Wildman–Crippen LogP) is 2.24. The molecule has 0 aliphatic heterocycles. The highest BCUT2D eigenvalue weighted by molar-refractivity contribution is 7.85. The first-order valence-electron chi connectivity index (χ1n) is 3.75. The number of thiol groups is 4. The van der Waals surface area contributed by atoms with E-state index in [0.717, 1.165) is 0 Å². The fourth-order valence-corrected chi connectivity index (χ4v) is 2.56. The van der Waals surface area contributed by atoms with Crippen LogP contribution in [0.15, 0.2) is 19.6 Å². The minimum Gasteiger partial charge on any atom is -0.478 e. The van der Waals surface area contributed by atoms with E-state index < -0.39 is 11.9 Å². The highest BCUT2D eigenvalue weighted by Gasteiger charge is 2.24. The van der Waals surface area contributed by atoms with Crippen LogP contribution in [0.2, 0.25) is 0 Å². The van der Waals surface area contributed by atoms with Crippen molar-refractivity contribution in [3.8, 4) is 0 Å². The van der Waals surface area contributed by atoms with Crippen LogP contribution < -0.4 is 0 Å². The van der Waals surface area contributed by atoms with Crippen molar-refractivity contribution >= 4 is 62.5 Å². The average molecular weight is 294 g/mol. The Labute approximate surface area is 113 Å². The van der Waals surface area contributed by atoms with E-state index in [-0.39, 0.29) is 30.7 Å². The van der Waals surface area contributed by atoms with Gasteiger partial charge >= 0.3 is 11.9 Å². The number of rotatable bonds is 2. The Morgan fingerprint density at radius 3 is 1.00 bits per heavy atom. The summed E-state index contributed by atoms with van der Waals surface area (Å²) in [6, 6.07) is 0. The van der Waals surface area contributed by atoms with Gasteiger partial charge < -0.3 is 10.2 Å². The maximum absolute atomic E-state index is 10.9. The lowest BCUT2D eigenvalue weighted by Crippen LogP contribution is -2.08. The van der Waals surface area contributed by atoms with Gasteiger partial charge in [-0.3, -0.25) is 0 Å². The summed E-state index contributed by atoms with van der Waals surface area (Å²) in [7, 11) is 0. The molecule has 0 amide bonds. The van der Waals surface area contributed by atoms with Gasteiger partial charge in [-0.05, 0) is 0 Å². The summed E-state index contributed by atoms with van der Waals surface area (Å²) in [5, 5.41) is 17.8. The van der Waals surface area contributed by atoms with Crippen LogP contribution in [0.3, 0.4) is 0 Å². The number of carboxylic acid groups (broad SMARTS) is 2. The molecule has 1 aromatic rings. The summed E-state index contributed by atoms with van der Waals surface area (Å²) in [4.78, 5) is 21.6. The Bertz CT molecular complexity index is 423. The van der Waals surface area contributed by atoms with Gasteiger partial charge in [-0.15, -0.1) is 50.5 Å². The molecule has 1 rings (SSSR count). The van der Waals surface area contributed by atoms with Crippen molar-refractivity contribution in [3.63, 3.8) is 0 Å². The van der Waals surface area contributed by atoms with Gasteiger partial charge in [0.25, 0.3) is 0 Å². The first-order valence-corrected chi connectivity index (χ1v) is 5.54. The first-order chi connectivity index (χ1) is 7.29. The van der Waals surface area contributed by atoms with E-state index in [9.17, 15) is 9.59 Å². The van der Waals surface area contributed by atoms with E-state index in [1.807, 2.05) is 0 Å². The number of hydrogen-bond acceptors (Lipinski definition) is 6. The largest absolute Gasteiger partial charge is 0.478 e. The number of aromatic carboxylic acids is 2. The Hall–Kier alpha value is -0.440. The van der Waals surface area contributed by atoms with Crippen LogP contribution in [0.25, 0.3) is 0 Å². The second-order valence-electron chi connectivity index (χ2n) is 2.75. The van der Waals surface area contributed by atoms with Crippen LogP contribution in [0, 0.1) is 0 Å². The number of carboxylic acids is 2. The van der Waals surface area contributed by atoms with E-state index in [1.54, 1.807) is 0 Å². The fourth-order valence-electron chi connectivity index (χ4n) is 1.10. The highest BCUT2D eigenvalue weighted by Crippen LogP contribution is 2.37. The average Bonchev–Trinajstić information content (AvgIpc) is 2.14. The van der Waals surface area contributed by atoms with E-state index in [0.29, 0.717) is 0 Å². The molecule has 0 fully saturated rings. The van der Waals surface area contributed by atoms with Gasteiger partial charge in [-0.1, -0.05) is 0 Å². The third-order valence-electron chi connectivity index (χ3n) is 1.82. The zero-order valence-corrected chi connectivity index (χ0v) is 11.1. The van der Waals surface area contributed by atoms with Crippen LogP contribution in [-0.2, 0) is 0 Å². The predicted molar refractivity (Wildman–Crippen MR) is 69.4 cm³/mol. The normalized spacial score (nSPS) is 10.2. The van der Waals surface area contributed by atoms with Gasteiger partial charge in [-0.25, -0.2) is 9.59 Å². The molecule has 4 nitrogen and oxygen atoms in total. The molecule has 0 aliphatic carbocycles. The number of hydrogen-bond donors (Lipinski definition) is 6. The van der Waals surface area contributed by atoms with E-state index in [1.165, 1.54) is 0 Å². The molecule has 0 saturated heterocycles. The van der Waals surface area contributed by atoms with Crippen LogP contribution >= 0.6 is 50.5 Å². The number of benzene rings is 1. The molecule has 0 bridgehead atoms. The molecule has 0 radical (unpaired) electrons. The Morgan fingerprint density at radius 1 is 0.688 bits per heavy atom. The molecule has 8 heteroatoms. The molecule has 0 aromatic heterocycles. The molecule has 2 N–H and O–H groups in total. The zero-order valence-electron chi connectivity index (χ0n) is 7.50. The Balaban J connectivity index is 3.77. The second kappa shape index (κ2) is 4.82. The molecule has 0 heterocycles. The lowest BCUT2D eigenvalue weighted by atomic mass is 10.1. The second-order valence-corrected chi connectivity index (χ2v) is 4.54. The third-order valence-corrected chi connectivity index (χ3v) is 3.97. The van der Waals surface area contributed by atoms with E-state index in [4.69, 9.17) is 10.2 Å². The highest BCUT2D eigenvalue weighted by atomic mass is 32.1. The lowest BCUT2D eigenvalue weighted by Gasteiger charge is -2.13. The van der Waals surface area contributed by atoms with Crippen molar-refractivity contribution in [2.75, 3.05) is 0 Å². The SMILES string of the molecule is O=C(O)c1c(S)c(S)c(C(=O)O)c(S)c1S. The zero-order chi connectivity index (χ0) is 12.6. The van der Waals surface area contributed by atoms with Crippen LogP contribution in [-0.4, -0.2) is 22.2 Å². The van der Waals surface area contributed by atoms with Crippen molar-refractivity contribution in [3.05, 3.63) is 11.1 Å². The van der Waals surface area contributed by atoms with Gasteiger partial charge in [0.05, 0.1) is 11.1 Å². The minimum absolute atomic E-state index is 0.0453. The van der Waals surface area contributed by atoms with Gasteiger partial charge in [0.1, 0.15) is 0 Å². The molecule has 0 atom stereocenters. The van der Waals surface area contributed by atoms with E-state index >= 15 is 0 Å². The Kier molecular flexibility index (Phi) is 4.11. The molecule has 16 heavy (non-hydrogen) atoms. The van der Waals surface area contributed by atoms with Crippen LogP contribution in [0.4, 0.5) is 0 Å². The summed E-state index contributed by atoms with van der Waals surface area (Å²) in [5.74, 6) is -2.53. The minimum atomic E-state index is -1.27. The van der Waals surface area contributed by atoms with Gasteiger partial charge in [0, 0.05) is 19.6 Å². The van der Waals surface area contributed by atoms with Crippen molar-refractivity contribution in [1.82, 2.24) is 0 Å². The quantitative estimate of drug-likeness (QED) is 0.473. The topological polar surface area (TPSA) is 74.6 Å². The smallest absolute Gasteiger partial charge is 0.338 e. The first kappa shape index (κ1) is 13.6. The van der Waals surface area contributed by atoms with Gasteiger partial charge in [0.2, 0.25) is 0 Å². The molecule has 0 aliphatic rings. The van der Waals surface area contributed by atoms with Crippen LogP contribution in [0.1, 0.15) is 20.7 Å². The summed E-state index contributed by atoms with van der Waals surface area (Å²) in [6.45, 7) is 0. The Morgan fingerprint density at radius 2 is 0.875 bits per heavy atom. The summed E-state index contributed by atoms with van der Waals surface area (Å²) < 4.78 is 0. The number of carbonyl (C=O) groups is 2. The van der Waals surface area contributed by atoms with Crippen molar-refractivity contribution < 1.29 is 19.8 Å². The van der Waals surface area contributed by atoms with Crippen molar-refractivity contribution in [1.29, 1.82) is 0 Å². The van der Waals surface area contributed by atoms with Crippen molar-refractivity contribution in [2.24, 2.45) is 0 Å². The van der Waals surface area contributed by atoms with Gasteiger partial charge in [-0.2, -0.15) is 0 Å². The van der Waals surface area contributed by atoms with Crippen molar-refractivity contribution in [2.45, 2.75) is 19.6 Å². The molecule has 0 unspecified atom stereocenters. The molecular formula is C8H6O4S4. The third kappa shape index (κ3) is 2.15. The van der Waals surface area contributed by atoms with Crippen LogP contribution in [0.5, 0.6) is 0 Å². The maximum atomic E-state index is 10.9. The molecule has 86 valence electrons. The standard InChI is InChI=1S/C8H6O4S4/c9-7(10)1-3(13)5(15)2(8(11)12)6(16)4(1)14/h13-16H,(H,9,10)(H,11,12). The fraction of sp³-hybridized carbons (Fsp3) is 0. The summed E-state index contributed by atoms with van der Waals surface area (Å²) in [6.07, 6.45) is 0. The van der Waals surface area contributed by atoms with Gasteiger partial charge in [0.15, 0.2) is 0 Å². The van der Waals surface area contributed by atoms with E-state index in [2.05, 4.69) is 50.5 Å². The molecule has 0 spiro atoms. The lowest BCUT2D eigenvalue weighted by molar-refractivity contribution is 0.0667. The summed E-state index contributed by atoms with van der Waals surface area (Å²) in [5.41, 5.74) is -0.432. The monoisotopic (exact) mass is 294 g/mol. The molecule has 0 saturated carbocycles. The molecular weight excluding hydrogens is 288 g/mol. The summed E-state index contributed by atoms with van der Waals surface area (Å²) >= 11 is 15.7. The molecule has 1 aromatic carbocycles. The maximum Gasteiger partial charge on any atom is 0.338 e.